The Morgan fingerprint density at radius 1 is 1.33 bits per heavy atom. The summed E-state index contributed by atoms with van der Waals surface area (Å²) in [6, 6.07) is 0. The van der Waals surface area contributed by atoms with E-state index in [0.717, 1.165) is 0 Å². The number of hydroxylamine groups is 2. The van der Waals surface area contributed by atoms with Gasteiger partial charge in [0.2, 0.25) is 5.91 Å². The molecule has 4 nitrogen and oxygen atoms in total. The molecule has 1 aliphatic rings. The smallest absolute Gasteiger partial charge is 0.225 e. The maximum atomic E-state index is 12.3. The number of hydrogen-bond donors (Lipinski definition) is 2. The van der Waals surface area contributed by atoms with Crippen molar-refractivity contribution in [3.63, 3.8) is 0 Å². The number of amides is 1. The molecule has 0 aliphatic carbocycles. The molecule has 1 atom stereocenters. The average molecular weight is 256 g/mol. The highest BCUT2D eigenvalue weighted by Crippen LogP contribution is 2.43. The maximum Gasteiger partial charge on any atom is 0.225 e. The predicted molar refractivity (Wildman–Crippen MR) is 72.4 cm³/mol. The van der Waals surface area contributed by atoms with Crippen molar-refractivity contribution in [1.29, 1.82) is 0 Å². The van der Waals surface area contributed by atoms with Gasteiger partial charge in [-0.3, -0.25) is 4.79 Å². The zero-order chi connectivity index (χ0) is 14.4. The molecule has 0 saturated carbocycles. The first-order chi connectivity index (χ1) is 7.88. The van der Waals surface area contributed by atoms with Crippen LogP contribution in [-0.4, -0.2) is 33.8 Å². The van der Waals surface area contributed by atoms with Gasteiger partial charge in [-0.2, -0.15) is 5.06 Å². The second-order valence-corrected chi connectivity index (χ2v) is 7.81. The van der Waals surface area contributed by atoms with Gasteiger partial charge in [0.1, 0.15) is 0 Å². The molecule has 0 radical (unpaired) electrons. The highest BCUT2D eigenvalue weighted by atomic mass is 16.5. The second kappa shape index (κ2) is 4.49. The van der Waals surface area contributed by atoms with Crippen LogP contribution in [0.2, 0.25) is 0 Å². The van der Waals surface area contributed by atoms with E-state index in [9.17, 15) is 10.0 Å². The van der Waals surface area contributed by atoms with Crippen molar-refractivity contribution < 1.29 is 10.0 Å². The van der Waals surface area contributed by atoms with E-state index in [1.165, 1.54) is 5.06 Å². The SMILES string of the molecule is CC(C)(C)CNC(=O)C1CC(C)(C)N(O)C1(C)C. The van der Waals surface area contributed by atoms with Gasteiger partial charge in [0.15, 0.2) is 0 Å². The van der Waals surface area contributed by atoms with E-state index in [0.29, 0.717) is 13.0 Å². The molecule has 1 fully saturated rings. The van der Waals surface area contributed by atoms with Crippen molar-refractivity contribution in [3.8, 4) is 0 Å². The fourth-order valence-corrected chi connectivity index (χ4v) is 2.65. The minimum atomic E-state index is -0.522. The van der Waals surface area contributed by atoms with Crippen molar-refractivity contribution in [2.75, 3.05) is 6.54 Å². The molecule has 1 heterocycles. The molecule has 106 valence electrons. The van der Waals surface area contributed by atoms with Gasteiger partial charge in [-0.05, 0) is 39.5 Å². The van der Waals surface area contributed by atoms with Crippen molar-refractivity contribution in [1.82, 2.24) is 10.4 Å². The highest BCUT2D eigenvalue weighted by molar-refractivity contribution is 5.80. The summed E-state index contributed by atoms with van der Waals surface area (Å²) in [5.41, 5.74) is -0.800. The Hall–Kier alpha value is -0.610. The quantitative estimate of drug-likeness (QED) is 0.798. The first-order valence-corrected chi connectivity index (χ1v) is 6.65. The standard InChI is InChI=1S/C14H28N2O2/c1-12(2,3)9-15-11(17)10-8-13(4,5)16(18)14(10,6)7/h10,18H,8-9H2,1-7H3,(H,15,17). The lowest BCUT2D eigenvalue weighted by Crippen LogP contribution is -2.50. The minimum Gasteiger partial charge on any atom is -0.355 e. The van der Waals surface area contributed by atoms with E-state index in [-0.39, 0.29) is 22.8 Å². The van der Waals surface area contributed by atoms with Crippen molar-refractivity contribution in [3.05, 3.63) is 0 Å². The van der Waals surface area contributed by atoms with Crippen molar-refractivity contribution in [2.45, 2.75) is 66.0 Å². The molecule has 0 aromatic carbocycles. The Morgan fingerprint density at radius 3 is 2.17 bits per heavy atom. The summed E-state index contributed by atoms with van der Waals surface area (Å²) in [4.78, 5) is 12.3. The lowest BCUT2D eigenvalue weighted by atomic mass is 9.86. The van der Waals surface area contributed by atoms with Crippen LogP contribution in [0.5, 0.6) is 0 Å². The fraction of sp³-hybridized carbons (Fsp3) is 0.929. The normalized spacial score (nSPS) is 27.2. The Labute approximate surface area is 111 Å². The average Bonchev–Trinajstić information content (AvgIpc) is 2.34. The molecule has 0 aromatic rings. The molecule has 2 N–H and O–H groups in total. The number of carbonyl (C=O) groups is 1. The van der Waals surface area contributed by atoms with Crippen LogP contribution in [0.1, 0.15) is 54.9 Å². The molecule has 1 amide bonds. The number of rotatable bonds is 2. The molecule has 1 saturated heterocycles. The van der Waals surface area contributed by atoms with Crippen LogP contribution >= 0.6 is 0 Å². The summed E-state index contributed by atoms with van der Waals surface area (Å²) in [6.07, 6.45) is 0.673. The Kier molecular flexibility index (Phi) is 3.86. The van der Waals surface area contributed by atoms with E-state index in [1.807, 2.05) is 27.7 Å². The molecule has 0 spiro atoms. The van der Waals surface area contributed by atoms with Crippen LogP contribution in [-0.2, 0) is 4.79 Å². The monoisotopic (exact) mass is 256 g/mol. The molecular weight excluding hydrogens is 228 g/mol. The summed E-state index contributed by atoms with van der Waals surface area (Å²) >= 11 is 0. The zero-order valence-electron chi connectivity index (χ0n) is 12.8. The van der Waals surface area contributed by atoms with Crippen LogP contribution < -0.4 is 5.32 Å². The Bertz CT molecular complexity index is 329. The Balaban J connectivity index is 2.76. The topological polar surface area (TPSA) is 52.6 Å². The van der Waals surface area contributed by atoms with E-state index >= 15 is 0 Å². The highest BCUT2D eigenvalue weighted by Gasteiger charge is 2.54. The van der Waals surface area contributed by atoms with Crippen LogP contribution in [0.3, 0.4) is 0 Å². The van der Waals surface area contributed by atoms with Crippen molar-refractivity contribution in [2.24, 2.45) is 11.3 Å². The van der Waals surface area contributed by atoms with Crippen LogP contribution in [0.15, 0.2) is 0 Å². The maximum absolute atomic E-state index is 12.3. The lowest BCUT2D eigenvalue weighted by molar-refractivity contribution is -0.197. The number of nitrogens with one attached hydrogen (secondary N) is 1. The van der Waals surface area contributed by atoms with Crippen molar-refractivity contribution >= 4 is 5.91 Å². The van der Waals surface area contributed by atoms with Gasteiger partial charge in [0.05, 0.1) is 11.5 Å². The van der Waals surface area contributed by atoms with Crippen LogP contribution in [0.25, 0.3) is 0 Å². The summed E-state index contributed by atoms with van der Waals surface area (Å²) in [5, 5.41) is 14.5. The summed E-state index contributed by atoms with van der Waals surface area (Å²) in [6.45, 7) is 14.7. The second-order valence-electron chi connectivity index (χ2n) is 7.81. The molecular formula is C14H28N2O2. The van der Waals surface area contributed by atoms with Gasteiger partial charge in [-0.25, -0.2) is 0 Å². The molecule has 1 rings (SSSR count). The Morgan fingerprint density at radius 2 is 1.83 bits per heavy atom. The predicted octanol–water partition coefficient (Wildman–Crippen LogP) is 2.42. The first-order valence-electron chi connectivity index (χ1n) is 6.65. The fourth-order valence-electron chi connectivity index (χ4n) is 2.65. The van der Waals surface area contributed by atoms with E-state index in [2.05, 4.69) is 26.1 Å². The summed E-state index contributed by atoms with van der Waals surface area (Å²) in [5.74, 6) is -0.139. The molecule has 18 heavy (non-hydrogen) atoms. The number of nitrogens with zero attached hydrogens (tertiary/aromatic N) is 1. The molecule has 0 aromatic heterocycles. The third-order valence-electron chi connectivity index (χ3n) is 3.79. The summed E-state index contributed by atoms with van der Waals surface area (Å²) < 4.78 is 0. The molecule has 4 heteroatoms. The third kappa shape index (κ3) is 3.04. The van der Waals surface area contributed by atoms with Gasteiger partial charge < -0.3 is 10.5 Å². The van der Waals surface area contributed by atoms with Gasteiger partial charge in [-0.15, -0.1) is 0 Å². The number of carbonyl (C=O) groups excluding carboxylic acids is 1. The summed E-state index contributed by atoms with van der Waals surface area (Å²) in [7, 11) is 0. The van der Waals surface area contributed by atoms with Gasteiger partial charge in [-0.1, -0.05) is 20.8 Å². The van der Waals surface area contributed by atoms with E-state index in [4.69, 9.17) is 0 Å². The number of hydrogen-bond acceptors (Lipinski definition) is 3. The van der Waals surface area contributed by atoms with Gasteiger partial charge in [0, 0.05) is 12.1 Å². The molecule has 0 bridgehead atoms. The van der Waals surface area contributed by atoms with Crippen LogP contribution in [0.4, 0.5) is 0 Å². The minimum absolute atomic E-state index is 0.0413. The van der Waals surface area contributed by atoms with E-state index < -0.39 is 5.54 Å². The molecule has 1 aliphatic heterocycles. The van der Waals surface area contributed by atoms with E-state index in [1.54, 1.807) is 0 Å². The van der Waals surface area contributed by atoms with Gasteiger partial charge in [0.25, 0.3) is 0 Å². The van der Waals surface area contributed by atoms with Gasteiger partial charge >= 0.3 is 0 Å². The first kappa shape index (κ1) is 15.4. The van der Waals surface area contributed by atoms with Crippen LogP contribution in [0, 0.1) is 11.3 Å². The molecule has 1 unspecified atom stereocenters. The lowest BCUT2D eigenvalue weighted by Gasteiger charge is -2.35. The third-order valence-corrected chi connectivity index (χ3v) is 3.79. The largest absolute Gasteiger partial charge is 0.355 e. The zero-order valence-corrected chi connectivity index (χ0v) is 12.8.